The molecule has 2 amide bonds. The molecule has 4 atom stereocenters. The van der Waals surface area contributed by atoms with Crippen LogP contribution in [0.3, 0.4) is 0 Å². The number of nitrogens with one attached hydrogen (secondary N) is 1. The highest BCUT2D eigenvalue weighted by molar-refractivity contribution is 7.89. The van der Waals surface area contributed by atoms with E-state index in [9.17, 15) is 23.1 Å². The van der Waals surface area contributed by atoms with Gasteiger partial charge in [-0.2, -0.15) is 4.31 Å². The number of imidazole rings is 1. The summed E-state index contributed by atoms with van der Waals surface area (Å²) >= 11 is 0. The Balaban J connectivity index is 1.62. The lowest BCUT2D eigenvalue weighted by Crippen LogP contribution is -2.48. The van der Waals surface area contributed by atoms with Crippen molar-refractivity contribution in [3.63, 3.8) is 0 Å². The van der Waals surface area contributed by atoms with Crippen LogP contribution in [0.4, 0.5) is 5.69 Å². The maximum absolute atomic E-state index is 14.3. The molecule has 1 aliphatic rings. The zero-order valence-electron chi connectivity index (χ0n) is 27.8. The van der Waals surface area contributed by atoms with Crippen molar-refractivity contribution in [1.82, 2.24) is 18.8 Å². The number of rotatable bonds is 9. The molecule has 2 heterocycles. The molecule has 0 spiro atoms. The second-order valence-corrected chi connectivity index (χ2v) is 14.4. The molecule has 3 aromatic rings. The van der Waals surface area contributed by atoms with Crippen molar-refractivity contribution in [2.45, 2.75) is 69.7 Å². The van der Waals surface area contributed by atoms with Crippen molar-refractivity contribution in [3.8, 4) is 5.75 Å². The van der Waals surface area contributed by atoms with E-state index in [-0.39, 0.29) is 60.5 Å². The van der Waals surface area contributed by atoms with Crippen LogP contribution in [0.15, 0.2) is 66.1 Å². The lowest BCUT2D eigenvalue weighted by atomic mass is 10.0. The van der Waals surface area contributed by atoms with Crippen LogP contribution >= 0.6 is 0 Å². The molecule has 0 fully saturated rings. The van der Waals surface area contributed by atoms with Gasteiger partial charge in [0.05, 0.1) is 43.2 Å². The molecule has 13 heteroatoms. The Morgan fingerprint density at radius 1 is 1.17 bits per heavy atom. The third-order valence-electron chi connectivity index (χ3n) is 8.34. The van der Waals surface area contributed by atoms with Crippen LogP contribution in [-0.4, -0.2) is 95.7 Å². The molecule has 0 radical (unpaired) electrons. The van der Waals surface area contributed by atoms with Crippen molar-refractivity contribution < 1.29 is 32.6 Å². The van der Waals surface area contributed by atoms with Crippen molar-refractivity contribution in [3.05, 3.63) is 72.2 Å². The molecule has 1 aromatic heterocycles. The molecule has 1 aliphatic heterocycles. The van der Waals surface area contributed by atoms with Gasteiger partial charge >= 0.3 is 0 Å². The number of aliphatic hydroxyl groups excluding tert-OH is 1. The highest BCUT2D eigenvalue weighted by atomic mass is 32.2. The largest absolute Gasteiger partial charge is 0.490 e. The number of hydrogen-bond acceptors (Lipinski definition) is 8. The van der Waals surface area contributed by atoms with E-state index in [0.717, 1.165) is 18.4 Å². The number of sulfonamides is 1. The Bertz CT molecular complexity index is 1600. The minimum atomic E-state index is -3.88. The van der Waals surface area contributed by atoms with Gasteiger partial charge in [-0.3, -0.25) is 9.59 Å². The fraction of sp³-hybridized carbons (Fsp3) is 0.500. The standard InChI is InChI=1S/C34H47N5O7S/c1-24-19-39(25(2)22-40)34(42)29-18-28(36-32(41)17-27-12-7-6-8-13-27)14-15-30(29)46-26(3)11-9-10-16-45-31(24)20-38(5)47(43,44)33-21-37(4)23-35-33/h6-8,12-15,18,21,23-26,31,40H,9-11,16-17,19-20,22H2,1-5H3,(H,36,41)/t24-,25-,26+,31-/m1/s1. The molecular formula is C34H47N5O7S. The fourth-order valence-corrected chi connectivity index (χ4v) is 6.62. The van der Waals surface area contributed by atoms with Crippen LogP contribution in [0.5, 0.6) is 5.75 Å². The van der Waals surface area contributed by atoms with E-state index in [1.54, 1.807) is 41.6 Å². The van der Waals surface area contributed by atoms with Crippen LogP contribution in [0.2, 0.25) is 0 Å². The predicted molar refractivity (Wildman–Crippen MR) is 179 cm³/mol. The molecule has 4 rings (SSSR count). The number of likely N-dealkylation sites (N-methyl/N-ethyl adjacent to an activating group) is 1. The number of nitrogens with zero attached hydrogens (tertiary/aromatic N) is 4. The van der Waals surface area contributed by atoms with E-state index in [1.807, 2.05) is 44.2 Å². The monoisotopic (exact) mass is 669 g/mol. The first-order valence-corrected chi connectivity index (χ1v) is 17.4. The number of anilines is 1. The number of ether oxygens (including phenoxy) is 2. The number of carbonyl (C=O) groups excluding carboxylic acids is 2. The minimum Gasteiger partial charge on any atom is -0.490 e. The normalized spacial score (nSPS) is 20.6. The van der Waals surface area contributed by atoms with E-state index in [4.69, 9.17) is 9.47 Å². The van der Waals surface area contributed by atoms with Gasteiger partial charge in [-0.05, 0) is 56.9 Å². The molecule has 0 saturated carbocycles. The summed E-state index contributed by atoms with van der Waals surface area (Å²) in [5.41, 5.74) is 1.57. The SMILES string of the molecule is C[C@@H]1CN([C@H](C)CO)C(=O)c2cc(NC(=O)Cc3ccccc3)ccc2O[C@@H](C)CCCCO[C@@H]1CN(C)S(=O)(=O)c1cn(C)cn1. The van der Waals surface area contributed by atoms with Gasteiger partial charge in [-0.1, -0.05) is 37.3 Å². The lowest BCUT2D eigenvalue weighted by molar-refractivity contribution is -0.115. The van der Waals surface area contributed by atoms with Gasteiger partial charge in [-0.25, -0.2) is 13.4 Å². The number of fused-ring (bicyclic) bond motifs is 1. The summed E-state index contributed by atoms with van der Waals surface area (Å²) < 4.78 is 42.0. The van der Waals surface area contributed by atoms with Crippen LogP contribution in [0, 0.1) is 5.92 Å². The van der Waals surface area contributed by atoms with Gasteiger partial charge in [0.2, 0.25) is 5.91 Å². The van der Waals surface area contributed by atoms with Crippen LogP contribution in [0.1, 0.15) is 56.0 Å². The zero-order chi connectivity index (χ0) is 34.1. The lowest BCUT2D eigenvalue weighted by Gasteiger charge is -2.35. The number of aliphatic hydroxyl groups is 1. The molecule has 0 unspecified atom stereocenters. The number of carbonyl (C=O) groups is 2. The summed E-state index contributed by atoms with van der Waals surface area (Å²) in [4.78, 5) is 32.8. The predicted octanol–water partition coefficient (Wildman–Crippen LogP) is 3.72. The van der Waals surface area contributed by atoms with Crippen LogP contribution in [0.25, 0.3) is 0 Å². The van der Waals surface area contributed by atoms with E-state index in [0.29, 0.717) is 24.5 Å². The van der Waals surface area contributed by atoms with Gasteiger partial charge < -0.3 is 29.4 Å². The molecule has 0 saturated heterocycles. The third kappa shape index (κ3) is 9.63. The van der Waals surface area contributed by atoms with E-state index in [1.165, 1.54) is 23.9 Å². The van der Waals surface area contributed by atoms with Crippen LogP contribution in [-0.2, 0) is 33.0 Å². The van der Waals surface area contributed by atoms with Gasteiger partial charge in [-0.15, -0.1) is 0 Å². The van der Waals surface area contributed by atoms with Crippen molar-refractivity contribution >= 4 is 27.5 Å². The molecule has 0 aliphatic carbocycles. The number of hydrogen-bond donors (Lipinski definition) is 2. The average molecular weight is 670 g/mol. The quantitative estimate of drug-likeness (QED) is 0.351. The maximum atomic E-state index is 14.3. The van der Waals surface area contributed by atoms with E-state index in [2.05, 4.69) is 10.3 Å². The number of amides is 2. The number of aromatic nitrogens is 2. The van der Waals surface area contributed by atoms with Gasteiger partial charge in [0, 0.05) is 51.6 Å². The smallest absolute Gasteiger partial charge is 0.261 e. The molecular weight excluding hydrogens is 622 g/mol. The first-order chi connectivity index (χ1) is 22.4. The Labute approximate surface area is 277 Å². The summed E-state index contributed by atoms with van der Waals surface area (Å²) in [6.07, 6.45) is 4.54. The molecule has 256 valence electrons. The second-order valence-electron chi connectivity index (χ2n) is 12.4. The number of benzene rings is 2. The van der Waals surface area contributed by atoms with E-state index >= 15 is 0 Å². The van der Waals surface area contributed by atoms with E-state index < -0.39 is 22.2 Å². The Kier molecular flexibility index (Phi) is 12.6. The fourth-order valence-electron chi connectivity index (χ4n) is 5.48. The Hall–Kier alpha value is -3.78. The summed E-state index contributed by atoms with van der Waals surface area (Å²) in [5, 5.41) is 13.0. The topological polar surface area (TPSA) is 143 Å². The average Bonchev–Trinajstić information content (AvgIpc) is 3.49. The molecule has 0 bridgehead atoms. The highest BCUT2D eigenvalue weighted by Crippen LogP contribution is 2.29. The molecule has 2 N–H and O–H groups in total. The van der Waals surface area contributed by atoms with Crippen molar-refractivity contribution in [1.29, 1.82) is 0 Å². The Morgan fingerprint density at radius 2 is 1.91 bits per heavy atom. The molecule has 47 heavy (non-hydrogen) atoms. The molecule has 2 aromatic carbocycles. The minimum absolute atomic E-state index is 0.0449. The molecule has 12 nitrogen and oxygen atoms in total. The summed E-state index contributed by atoms with van der Waals surface area (Å²) in [6.45, 7) is 5.92. The summed E-state index contributed by atoms with van der Waals surface area (Å²) in [7, 11) is -0.683. The van der Waals surface area contributed by atoms with Gasteiger partial charge in [0.25, 0.3) is 15.9 Å². The van der Waals surface area contributed by atoms with Gasteiger partial charge in [0.15, 0.2) is 5.03 Å². The summed E-state index contributed by atoms with van der Waals surface area (Å²) in [6, 6.07) is 13.8. The zero-order valence-corrected chi connectivity index (χ0v) is 28.7. The van der Waals surface area contributed by atoms with Gasteiger partial charge in [0.1, 0.15) is 5.75 Å². The second kappa shape index (κ2) is 16.4. The Morgan fingerprint density at radius 3 is 2.60 bits per heavy atom. The highest BCUT2D eigenvalue weighted by Gasteiger charge is 2.33. The van der Waals surface area contributed by atoms with Crippen molar-refractivity contribution in [2.24, 2.45) is 13.0 Å². The number of aryl methyl sites for hydroxylation is 1. The third-order valence-corrected chi connectivity index (χ3v) is 10.0. The maximum Gasteiger partial charge on any atom is 0.261 e. The summed E-state index contributed by atoms with van der Waals surface area (Å²) in [5.74, 6) is -0.547. The first-order valence-electron chi connectivity index (χ1n) is 16.0. The first kappa shape index (κ1) is 36.1. The van der Waals surface area contributed by atoms with Crippen molar-refractivity contribution in [2.75, 3.05) is 38.7 Å². The van der Waals surface area contributed by atoms with Crippen LogP contribution < -0.4 is 10.1 Å².